The first-order valence-corrected chi connectivity index (χ1v) is 11.2. The lowest BCUT2D eigenvalue weighted by molar-refractivity contribution is 0.408. The van der Waals surface area contributed by atoms with Gasteiger partial charge in [-0.05, 0) is 54.7 Å². The molecule has 4 N–H and O–H groups in total. The van der Waals surface area contributed by atoms with Gasteiger partial charge in [0.05, 0.1) is 14.2 Å². The summed E-state index contributed by atoms with van der Waals surface area (Å²) in [6, 6.07) is 19.0. The number of amidine groups is 1. The predicted octanol–water partition coefficient (Wildman–Crippen LogP) is 3.85. The Morgan fingerprint density at radius 3 is 2.31 bits per heavy atom. The Morgan fingerprint density at radius 2 is 1.71 bits per heavy atom. The second kappa shape index (κ2) is 9.89. The zero-order chi connectivity index (χ0) is 25.1. The number of H-pyrrole nitrogens is 1. The molecule has 0 fully saturated rings. The average Bonchev–Trinajstić information content (AvgIpc) is 3.23. The summed E-state index contributed by atoms with van der Waals surface area (Å²) in [5.41, 5.74) is 10.5. The second-order valence-electron chi connectivity index (χ2n) is 8.45. The molecule has 180 valence electrons. The first-order chi connectivity index (χ1) is 16.8. The molecular weight excluding hydrogens is 442 g/mol. The van der Waals surface area contributed by atoms with Crippen LogP contribution in [0.15, 0.2) is 65.5 Å². The Kier molecular flexibility index (Phi) is 6.73. The number of hydrogen-bond donors (Lipinski definition) is 3. The number of benzene rings is 3. The van der Waals surface area contributed by atoms with E-state index in [1.807, 2.05) is 50.2 Å². The fourth-order valence-electron chi connectivity index (χ4n) is 4.40. The molecule has 0 aliphatic carbocycles. The minimum atomic E-state index is -0.344. The number of hydrogen-bond acceptors (Lipinski definition) is 5. The van der Waals surface area contributed by atoms with Crippen LogP contribution in [0.4, 0.5) is 0 Å². The number of methoxy groups -OCH3 is 2. The molecule has 4 aromatic rings. The van der Waals surface area contributed by atoms with Gasteiger partial charge in [-0.2, -0.15) is 4.68 Å². The molecule has 3 aromatic carbocycles. The highest BCUT2D eigenvalue weighted by Gasteiger charge is 2.23. The molecular formula is C27H29N5O3. The molecule has 1 aromatic heterocycles. The zero-order valence-corrected chi connectivity index (χ0v) is 20.3. The summed E-state index contributed by atoms with van der Waals surface area (Å²) in [6.45, 7) is 4.01. The number of para-hydroxylation sites is 2. The van der Waals surface area contributed by atoms with E-state index in [-0.39, 0.29) is 17.4 Å². The molecule has 0 aliphatic heterocycles. The van der Waals surface area contributed by atoms with Crippen molar-refractivity contribution in [2.45, 2.75) is 26.2 Å². The largest absolute Gasteiger partial charge is 0.496 e. The molecule has 0 aliphatic rings. The van der Waals surface area contributed by atoms with Gasteiger partial charge in [-0.3, -0.25) is 10.4 Å². The number of aryl methyl sites for hydroxylation is 2. The van der Waals surface area contributed by atoms with Crippen molar-refractivity contribution >= 4 is 5.84 Å². The SMILES string of the molecule is COc1ccccc1-n1nc(C(Cc2ccc(C(=N)N)cc2)c2cc(C)c(OC)c(C)c2)[nH]c1=O. The van der Waals surface area contributed by atoms with E-state index in [1.165, 1.54) is 4.68 Å². The first-order valence-electron chi connectivity index (χ1n) is 11.2. The minimum Gasteiger partial charge on any atom is -0.496 e. The van der Waals surface area contributed by atoms with Gasteiger partial charge in [0.25, 0.3) is 0 Å². The fourth-order valence-corrected chi connectivity index (χ4v) is 4.40. The summed E-state index contributed by atoms with van der Waals surface area (Å²) < 4.78 is 12.3. The van der Waals surface area contributed by atoms with E-state index in [2.05, 4.69) is 17.1 Å². The van der Waals surface area contributed by atoms with Crippen molar-refractivity contribution in [2.75, 3.05) is 14.2 Å². The van der Waals surface area contributed by atoms with Crippen molar-refractivity contribution in [3.63, 3.8) is 0 Å². The Bertz CT molecular complexity index is 1400. The fraction of sp³-hybridized carbons (Fsp3) is 0.222. The molecule has 0 saturated heterocycles. The number of aromatic amines is 1. The molecule has 8 nitrogen and oxygen atoms in total. The highest BCUT2D eigenvalue weighted by Crippen LogP contribution is 2.32. The van der Waals surface area contributed by atoms with Crippen LogP contribution in [0, 0.1) is 19.3 Å². The van der Waals surface area contributed by atoms with Gasteiger partial charge in [-0.1, -0.05) is 48.5 Å². The van der Waals surface area contributed by atoms with E-state index in [1.54, 1.807) is 26.4 Å². The topological polar surface area (TPSA) is 119 Å². The lowest BCUT2D eigenvalue weighted by Crippen LogP contribution is -2.16. The maximum atomic E-state index is 13.0. The van der Waals surface area contributed by atoms with Gasteiger partial charge in [0, 0.05) is 11.5 Å². The summed E-state index contributed by atoms with van der Waals surface area (Å²) >= 11 is 0. The van der Waals surface area contributed by atoms with Crippen molar-refractivity contribution in [1.82, 2.24) is 14.8 Å². The molecule has 0 bridgehead atoms. The summed E-state index contributed by atoms with van der Waals surface area (Å²) in [7, 11) is 3.23. The third kappa shape index (κ3) is 4.82. The Labute approximate surface area is 203 Å². The van der Waals surface area contributed by atoms with E-state index in [0.29, 0.717) is 29.2 Å². The summed E-state index contributed by atoms with van der Waals surface area (Å²) in [5.74, 6) is 1.73. The third-order valence-corrected chi connectivity index (χ3v) is 6.07. The number of nitrogens with two attached hydrogens (primary N) is 1. The number of rotatable bonds is 8. The Morgan fingerprint density at radius 1 is 1.06 bits per heavy atom. The number of nitrogens with zero attached hydrogens (tertiary/aromatic N) is 2. The maximum Gasteiger partial charge on any atom is 0.348 e. The predicted molar refractivity (Wildman–Crippen MR) is 136 cm³/mol. The van der Waals surface area contributed by atoms with E-state index in [9.17, 15) is 4.79 Å². The van der Waals surface area contributed by atoms with E-state index in [0.717, 1.165) is 28.0 Å². The standard InChI is InChI=1S/C27H29N5O3/c1-16-13-20(14-17(2)24(16)35-4)21(15-18-9-11-19(12-10-18)25(28)29)26-30-27(33)32(31-26)22-7-5-6-8-23(22)34-3/h5-14,21H,15H2,1-4H3,(H3,28,29)(H,30,31,33). The van der Waals surface area contributed by atoms with Crippen LogP contribution in [0.3, 0.4) is 0 Å². The molecule has 0 radical (unpaired) electrons. The van der Waals surface area contributed by atoms with Gasteiger partial charge < -0.3 is 15.2 Å². The number of nitrogens with one attached hydrogen (secondary N) is 2. The molecule has 8 heteroatoms. The van der Waals surface area contributed by atoms with E-state index >= 15 is 0 Å². The lowest BCUT2D eigenvalue weighted by atomic mass is 9.88. The minimum absolute atomic E-state index is 0.0226. The normalized spacial score (nSPS) is 11.8. The van der Waals surface area contributed by atoms with Gasteiger partial charge in [0.2, 0.25) is 0 Å². The average molecular weight is 472 g/mol. The quantitative estimate of drug-likeness (QED) is 0.266. The third-order valence-electron chi connectivity index (χ3n) is 6.07. The number of nitrogen functional groups attached to an aromatic ring is 1. The van der Waals surface area contributed by atoms with Gasteiger partial charge in [-0.15, -0.1) is 5.10 Å². The first kappa shape index (κ1) is 23.8. The summed E-state index contributed by atoms with van der Waals surface area (Å²) in [5, 5.41) is 12.3. The second-order valence-corrected chi connectivity index (χ2v) is 8.45. The summed E-state index contributed by atoms with van der Waals surface area (Å²) in [6.07, 6.45) is 0.586. The monoisotopic (exact) mass is 471 g/mol. The van der Waals surface area contributed by atoms with Crippen molar-refractivity contribution < 1.29 is 9.47 Å². The van der Waals surface area contributed by atoms with E-state index < -0.39 is 0 Å². The van der Waals surface area contributed by atoms with Crippen LogP contribution in [-0.4, -0.2) is 34.8 Å². The molecule has 0 amide bonds. The number of aromatic nitrogens is 3. The van der Waals surface area contributed by atoms with Crippen LogP contribution in [0.25, 0.3) is 5.69 Å². The molecule has 0 saturated carbocycles. The molecule has 1 atom stereocenters. The maximum absolute atomic E-state index is 13.0. The van der Waals surface area contributed by atoms with Crippen molar-refractivity contribution in [2.24, 2.45) is 5.73 Å². The molecule has 1 unspecified atom stereocenters. The van der Waals surface area contributed by atoms with Crippen LogP contribution >= 0.6 is 0 Å². The van der Waals surface area contributed by atoms with Crippen molar-refractivity contribution in [1.29, 1.82) is 5.41 Å². The number of ether oxygens (including phenoxy) is 2. The van der Waals surface area contributed by atoms with Crippen LogP contribution in [0.1, 0.15) is 39.6 Å². The van der Waals surface area contributed by atoms with Gasteiger partial charge >= 0.3 is 5.69 Å². The van der Waals surface area contributed by atoms with Gasteiger partial charge in [0.15, 0.2) is 0 Å². The molecule has 35 heavy (non-hydrogen) atoms. The zero-order valence-electron chi connectivity index (χ0n) is 20.3. The van der Waals surface area contributed by atoms with Crippen molar-refractivity contribution in [3.8, 4) is 17.2 Å². The van der Waals surface area contributed by atoms with E-state index in [4.69, 9.17) is 25.7 Å². The smallest absolute Gasteiger partial charge is 0.348 e. The lowest BCUT2D eigenvalue weighted by Gasteiger charge is -2.19. The molecule has 1 heterocycles. The highest BCUT2D eigenvalue weighted by atomic mass is 16.5. The Hall–Kier alpha value is -4.33. The van der Waals surface area contributed by atoms with Gasteiger partial charge in [-0.25, -0.2) is 4.79 Å². The highest BCUT2D eigenvalue weighted by molar-refractivity contribution is 5.94. The van der Waals surface area contributed by atoms with Crippen LogP contribution in [0.5, 0.6) is 11.5 Å². The van der Waals surface area contributed by atoms with Gasteiger partial charge in [0.1, 0.15) is 28.8 Å². The Balaban J connectivity index is 1.82. The summed E-state index contributed by atoms with van der Waals surface area (Å²) in [4.78, 5) is 15.9. The van der Waals surface area contributed by atoms with Crippen LogP contribution < -0.4 is 20.9 Å². The van der Waals surface area contributed by atoms with Crippen LogP contribution in [0.2, 0.25) is 0 Å². The molecule has 4 rings (SSSR count). The molecule has 0 spiro atoms. The van der Waals surface area contributed by atoms with Crippen molar-refractivity contribution in [3.05, 3.63) is 105 Å². The van der Waals surface area contributed by atoms with Crippen LogP contribution in [-0.2, 0) is 6.42 Å².